The standard InChI is InChI=1S/C12H18FNO4/c1-11(2,3)18-10(17)14-5-8-7(4-9(15)16)12(8,13)6-14/h7-8H,4-6H2,1-3H3,(H,15,16)/t7-,8+,12+/m1/s1. The number of ether oxygens (including phenoxy) is 1. The van der Waals surface area contributed by atoms with Crippen LogP contribution in [0, 0.1) is 11.8 Å². The summed E-state index contributed by atoms with van der Waals surface area (Å²) in [5, 5.41) is 8.65. The summed E-state index contributed by atoms with van der Waals surface area (Å²) in [4.78, 5) is 23.6. The first-order valence-corrected chi connectivity index (χ1v) is 6.02. The third-order valence-corrected chi connectivity index (χ3v) is 3.51. The van der Waals surface area contributed by atoms with E-state index in [0.29, 0.717) is 0 Å². The van der Waals surface area contributed by atoms with E-state index >= 15 is 0 Å². The highest BCUT2D eigenvalue weighted by molar-refractivity contribution is 5.71. The van der Waals surface area contributed by atoms with Crippen molar-refractivity contribution >= 4 is 12.1 Å². The molecule has 0 radical (unpaired) electrons. The van der Waals surface area contributed by atoms with E-state index in [-0.39, 0.29) is 25.4 Å². The largest absolute Gasteiger partial charge is 0.481 e. The maximum absolute atomic E-state index is 14.2. The van der Waals surface area contributed by atoms with Crippen LogP contribution in [0.2, 0.25) is 0 Å². The number of aliphatic carboxylic acids is 1. The number of rotatable bonds is 2. The van der Waals surface area contributed by atoms with Crippen molar-refractivity contribution in [1.82, 2.24) is 4.90 Å². The van der Waals surface area contributed by atoms with Gasteiger partial charge in [-0.15, -0.1) is 0 Å². The number of hydrogen-bond donors (Lipinski definition) is 1. The number of halogens is 1. The second-order valence-electron chi connectivity index (χ2n) is 6.10. The van der Waals surface area contributed by atoms with E-state index < -0.39 is 29.3 Å². The number of carbonyl (C=O) groups excluding carboxylic acids is 1. The Bertz CT molecular complexity index is 392. The number of fused-ring (bicyclic) bond motifs is 1. The lowest BCUT2D eigenvalue weighted by atomic mass is 10.2. The zero-order valence-electron chi connectivity index (χ0n) is 10.8. The van der Waals surface area contributed by atoms with Crippen molar-refractivity contribution < 1.29 is 23.8 Å². The number of likely N-dealkylation sites (tertiary alicyclic amines) is 1. The van der Waals surface area contributed by atoms with E-state index in [1.54, 1.807) is 20.8 Å². The molecule has 2 aliphatic rings. The average molecular weight is 259 g/mol. The first-order valence-electron chi connectivity index (χ1n) is 6.02. The van der Waals surface area contributed by atoms with Crippen LogP contribution in [0.3, 0.4) is 0 Å². The van der Waals surface area contributed by atoms with Crippen molar-refractivity contribution in [3.05, 3.63) is 0 Å². The first kappa shape index (κ1) is 13.1. The number of carboxylic acids is 1. The van der Waals surface area contributed by atoms with E-state index in [1.807, 2.05) is 0 Å². The summed E-state index contributed by atoms with van der Waals surface area (Å²) in [5.74, 6) is -1.79. The molecule has 1 N–H and O–H groups in total. The average Bonchev–Trinajstić information content (AvgIpc) is 2.53. The monoisotopic (exact) mass is 259 g/mol. The van der Waals surface area contributed by atoms with Crippen molar-refractivity contribution in [3.63, 3.8) is 0 Å². The third-order valence-electron chi connectivity index (χ3n) is 3.51. The normalized spacial score (nSPS) is 34.1. The summed E-state index contributed by atoms with van der Waals surface area (Å²) in [5.41, 5.74) is -2.12. The molecular formula is C12H18FNO4. The Hall–Kier alpha value is -1.33. The molecule has 102 valence electrons. The molecule has 6 heteroatoms. The molecule has 0 aromatic carbocycles. The van der Waals surface area contributed by atoms with E-state index in [9.17, 15) is 14.0 Å². The zero-order chi connectivity index (χ0) is 13.7. The fourth-order valence-electron chi connectivity index (χ4n) is 2.64. The minimum atomic E-state index is -1.52. The van der Waals surface area contributed by atoms with Gasteiger partial charge >= 0.3 is 12.1 Å². The predicted octanol–water partition coefficient (Wildman–Crippen LogP) is 1.67. The smallest absolute Gasteiger partial charge is 0.410 e. The number of carboxylic acid groups (broad SMARTS) is 1. The minimum absolute atomic E-state index is 0.0511. The van der Waals surface area contributed by atoms with Gasteiger partial charge in [-0.2, -0.15) is 0 Å². The number of alkyl halides is 1. The summed E-state index contributed by atoms with van der Waals surface area (Å²) in [6, 6.07) is 0. The molecule has 1 aliphatic heterocycles. The SMILES string of the molecule is CC(C)(C)OC(=O)N1C[C@H]2[C@@H](CC(=O)O)[C@@]2(F)C1. The molecule has 5 nitrogen and oxygen atoms in total. The molecule has 1 aliphatic carbocycles. The van der Waals surface area contributed by atoms with E-state index in [0.717, 1.165) is 0 Å². The molecule has 2 rings (SSSR count). The number of piperidine rings is 1. The second-order valence-corrected chi connectivity index (χ2v) is 6.10. The molecule has 0 unspecified atom stereocenters. The quantitative estimate of drug-likeness (QED) is 0.819. The van der Waals surface area contributed by atoms with Gasteiger partial charge in [0.25, 0.3) is 0 Å². The Kier molecular flexibility index (Phi) is 2.79. The molecule has 0 spiro atoms. The van der Waals surface area contributed by atoms with Crippen LogP contribution in [0.15, 0.2) is 0 Å². The molecule has 0 aromatic heterocycles. The molecular weight excluding hydrogens is 241 g/mol. The van der Waals surface area contributed by atoms with Crippen LogP contribution in [-0.4, -0.2) is 46.4 Å². The molecule has 1 saturated heterocycles. The molecule has 1 amide bonds. The van der Waals surface area contributed by atoms with Crippen LogP contribution in [-0.2, 0) is 9.53 Å². The molecule has 1 saturated carbocycles. The summed E-state index contributed by atoms with van der Waals surface area (Å²) in [6.07, 6.45) is -0.690. The van der Waals surface area contributed by atoms with Crippen LogP contribution < -0.4 is 0 Å². The number of amides is 1. The fraction of sp³-hybridized carbons (Fsp3) is 0.833. The van der Waals surface area contributed by atoms with Crippen LogP contribution >= 0.6 is 0 Å². The van der Waals surface area contributed by atoms with Crippen molar-refractivity contribution in [2.75, 3.05) is 13.1 Å². The lowest BCUT2D eigenvalue weighted by Crippen LogP contribution is -2.38. The Balaban J connectivity index is 1.89. The van der Waals surface area contributed by atoms with Crippen LogP contribution in [0.1, 0.15) is 27.2 Å². The lowest BCUT2D eigenvalue weighted by Gasteiger charge is -2.26. The van der Waals surface area contributed by atoms with Crippen molar-refractivity contribution in [2.24, 2.45) is 11.8 Å². The summed E-state index contributed by atoms with van der Waals surface area (Å²) >= 11 is 0. The van der Waals surface area contributed by atoms with Gasteiger partial charge in [0, 0.05) is 18.4 Å². The predicted molar refractivity (Wildman–Crippen MR) is 60.9 cm³/mol. The molecule has 0 bridgehead atoms. The lowest BCUT2D eigenvalue weighted by molar-refractivity contribution is -0.137. The summed E-state index contributed by atoms with van der Waals surface area (Å²) < 4.78 is 19.4. The molecule has 18 heavy (non-hydrogen) atoms. The second kappa shape index (κ2) is 3.83. The zero-order valence-corrected chi connectivity index (χ0v) is 10.8. The van der Waals surface area contributed by atoms with Crippen molar-refractivity contribution in [2.45, 2.75) is 38.5 Å². The molecule has 3 atom stereocenters. The summed E-state index contributed by atoms with van der Waals surface area (Å²) in [7, 11) is 0. The third kappa shape index (κ3) is 2.28. The Labute approximate surface area is 105 Å². The van der Waals surface area contributed by atoms with Gasteiger partial charge in [-0.3, -0.25) is 4.79 Å². The Morgan fingerprint density at radius 3 is 2.50 bits per heavy atom. The Morgan fingerprint density at radius 1 is 1.50 bits per heavy atom. The number of nitrogens with zero attached hydrogens (tertiary/aromatic N) is 1. The topological polar surface area (TPSA) is 66.8 Å². The van der Waals surface area contributed by atoms with Gasteiger partial charge in [0.15, 0.2) is 0 Å². The van der Waals surface area contributed by atoms with Gasteiger partial charge in [0.1, 0.15) is 11.3 Å². The van der Waals surface area contributed by atoms with Crippen molar-refractivity contribution in [3.8, 4) is 0 Å². The van der Waals surface area contributed by atoms with Crippen LogP contribution in [0.25, 0.3) is 0 Å². The van der Waals surface area contributed by atoms with Gasteiger partial charge in [-0.1, -0.05) is 0 Å². The van der Waals surface area contributed by atoms with Gasteiger partial charge < -0.3 is 14.7 Å². The first-order chi connectivity index (χ1) is 8.13. The van der Waals surface area contributed by atoms with Crippen molar-refractivity contribution in [1.29, 1.82) is 0 Å². The van der Waals surface area contributed by atoms with Gasteiger partial charge in [-0.05, 0) is 20.8 Å². The van der Waals surface area contributed by atoms with Gasteiger partial charge in [0.2, 0.25) is 0 Å². The maximum Gasteiger partial charge on any atom is 0.410 e. The van der Waals surface area contributed by atoms with E-state index in [1.165, 1.54) is 4.90 Å². The highest BCUT2D eigenvalue weighted by Gasteiger charge is 2.71. The highest BCUT2D eigenvalue weighted by atomic mass is 19.1. The maximum atomic E-state index is 14.2. The highest BCUT2D eigenvalue weighted by Crippen LogP contribution is 2.60. The van der Waals surface area contributed by atoms with E-state index in [2.05, 4.69) is 0 Å². The van der Waals surface area contributed by atoms with Crippen LogP contribution in [0.5, 0.6) is 0 Å². The Morgan fingerprint density at radius 2 is 2.11 bits per heavy atom. The van der Waals surface area contributed by atoms with E-state index in [4.69, 9.17) is 9.84 Å². The molecule has 2 fully saturated rings. The fourth-order valence-corrected chi connectivity index (χ4v) is 2.64. The minimum Gasteiger partial charge on any atom is -0.481 e. The van der Waals surface area contributed by atoms with Gasteiger partial charge in [-0.25, -0.2) is 9.18 Å². The summed E-state index contributed by atoms with van der Waals surface area (Å²) in [6.45, 7) is 5.45. The number of carbonyl (C=O) groups is 2. The number of hydrogen-bond acceptors (Lipinski definition) is 3. The van der Waals surface area contributed by atoms with Gasteiger partial charge in [0.05, 0.1) is 13.0 Å². The molecule has 1 heterocycles. The molecule has 0 aromatic rings. The van der Waals surface area contributed by atoms with Crippen LogP contribution in [0.4, 0.5) is 9.18 Å².